The molecule has 100 valence electrons. The van der Waals surface area contributed by atoms with E-state index in [2.05, 4.69) is 10.1 Å². The molecule has 0 saturated carbocycles. The number of carbonyl (C=O) groups excluding carboxylic acids is 2. The normalized spacial score (nSPS) is 10.9. The standard InChI is InChI=1S/C10H19NO5S/c1-16-10(13)6-4-3-5-7-11-9(12)8-17(2,14)15/h3-8H2,1-2H3,(H,11,12). The van der Waals surface area contributed by atoms with Crippen LogP contribution < -0.4 is 5.32 Å². The maximum Gasteiger partial charge on any atom is 0.305 e. The van der Waals surface area contributed by atoms with E-state index in [1.54, 1.807) is 0 Å². The van der Waals surface area contributed by atoms with E-state index in [9.17, 15) is 18.0 Å². The van der Waals surface area contributed by atoms with E-state index in [1.807, 2.05) is 0 Å². The molecule has 7 heteroatoms. The number of rotatable bonds is 8. The Hall–Kier alpha value is -1.11. The SMILES string of the molecule is COC(=O)CCCCCNC(=O)CS(C)(=O)=O. The Bertz CT molecular complexity index is 350. The van der Waals surface area contributed by atoms with Crippen molar-refractivity contribution in [3.05, 3.63) is 0 Å². The number of hydrogen-bond donors (Lipinski definition) is 1. The van der Waals surface area contributed by atoms with E-state index in [0.717, 1.165) is 12.7 Å². The van der Waals surface area contributed by atoms with Gasteiger partial charge in [-0.15, -0.1) is 0 Å². The van der Waals surface area contributed by atoms with Gasteiger partial charge in [-0.1, -0.05) is 6.42 Å². The Morgan fingerprint density at radius 1 is 1.18 bits per heavy atom. The van der Waals surface area contributed by atoms with Gasteiger partial charge in [0.25, 0.3) is 0 Å². The van der Waals surface area contributed by atoms with Gasteiger partial charge < -0.3 is 10.1 Å². The highest BCUT2D eigenvalue weighted by atomic mass is 32.2. The minimum absolute atomic E-state index is 0.244. The van der Waals surface area contributed by atoms with E-state index in [0.29, 0.717) is 25.8 Å². The van der Waals surface area contributed by atoms with Gasteiger partial charge in [-0.3, -0.25) is 9.59 Å². The van der Waals surface area contributed by atoms with Crippen molar-refractivity contribution >= 4 is 21.7 Å². The fourth-order valence-electron chi connectivity index (χ4n) is 1.19. The number of esters is 1. The molecule has 0 aromatic carbocycles. The summed E-state index contributed by atoms with van der Waals surface area (Å²) in [4.78, 5) is 21.8. The summed E-state index contributed by atoms with van der Waals surface area (Å²) < 4.78 is 26.0. The number of ether oxygens (including phenoxy) is 1. The molecule has 1 amide bonds. The third-order valence-corrected chi connectivity index (χ3v) is 2.79. The van der Waals surface area contributed by atoms with Crippen molar-refractivity contribution in [3.8, 4) is 0 Å². The van der Waals surface area contributed by atoms with Crippen molar-refractivity contribution in [2.24, 2.45) is 0 Å². The molecule has 0 bridgehead atoms. The number of carbonyl (C=O) groups is 2. The van der Waals surface area contributed by atoms with Gasteiger partial charge in [0.1, 0.15) is 5.75 Å². The molecule has 0 radical (unpaired) electrons. The zero-order valence-corrected chi connectivity index (χ0v) is 11.0. The summed E-state index contributed by atoms with van der Waals surface area (Å²) in [5.41, 5.74) is 0. The lowest BCUT2D eigenvalue weighted by atomic mass is 10.2. The average molecular weight is 265 g/mol. The van der Waals surface area contributed by atoms with Crippen LogP contribution in [0.5, 0.6) is 0 Å². The number of hydrogen-bond acceptors (Lipinski definition) is 5. The van der Waals surface area contributed by atoms with Crippen LogP contribution in [-0.2, 0) is 24.2 Å². The summed E-state index contributed by atoms with van der Waals surface area (Å²) in [5.74, 6) is -1.21. The van der Waals surface area contributed by atoms with E-state index in [4.69, 9.17) is 0 Å². The maximum atomic E-state index is 11.1. The summed E-state index contributed by atoms with van der Waals surface area (Å²) >= 11 is 0. The first-order chi connectivity index (χ1) is 7.85. The van der Waals surface area contributed by atoms with Crippen molar-refractivity contribution in [1.29, 1.82) is 0 Å². The Morgan fingerprint density at radius 2 is 1.82 bits per heavy atom. The van der Waals surface area contributed by atoms with Gasteiger partial charge in [0.05, 0.1) is 7.11 Å². The predicted molar refractivity (Wildman–Crippen MR) is 63.2 cm³/mol. The predicted octanol–water partition coefficient (Wildman–Crippen LogP) is -0.119. The minimum atomic E-state index is -3.26. The lowest BCUT2D eigenvalue weighted by molar-refractivity contribution is -0.140. The van der Waals surface area contributed by atoms with Crippen molar-refractivity contribution in [2.45, 2.75) is 25.7 Å². The summed E-state index contributed by atoms with van der Waals surface area (Å²) in [6, 6.07) is 0. The molecule has 0 unspecified atom stereocenters. The molecule has 6 nitrogen and oxygen atoms in total. The van der Waals surface area contributed by atoms with E-state index < -0.39 is 21.5 Å². The average Bonchev–Trinajstić information content (AvgIpc) is 2.20. The third kappa shape index (κ3) is 11.2. The monoisotopic (exact) mass is 265 g/mol. The summed E-state index contributed by atoms with van der Waals surface area (Å²) in [6.07, 6.45) is 3.59. The lowest BCUT2D eigenvalue weighted by Gasteiger charge is -2.04. The number of sulfone groups is 1. The molecule has 0 aromatic heterocycles. The van der Waals surface area contributed by atoms with E-state index in [1.165, 1.54) is 7.11 Å². The number of unbranched alkanes of at least 4 members (excludes halogenated alkanes) is 2. The highest BCUT2D eigenvalue weighted by Gasteiger charge is 2.09. The van der Waals surface area contributed by atoms with Gasteiger partial charge >= 0.3 is 5.97 Å². The van der Waals surface area contributed by atoms with Gasteiger partial charge in [-0.2, -0.15) is 0 Å². The van der Waals surface area contributed by atoms with Crippen LogP contribution >= 0.6 is 0 Å². The van der Waals surface area contributed by atoms with E-state index in [-0.39, 0.29) is 5.97 Å². The molecule has 17 heavy (non-hydrogen) atoms. The van der Waals surface area contributed by atoms with E-state index >= 15 is 0 Å². The second kappa shape index (κ2) is 8.05. The molecule has 0 rings (SSSR count). The van der Waals surface area contributed by atoms with Crippen LogP contribution in [0, 0.1) is 0 Å². The molecule has 0 spiro atoms. The lowest BCUT2D eigenvalue weighted by Crippen LogP contribution is -2.30. The Labute approximate surface area is 102 Å². The van der Waals surface area contributed by atoms with Crippen molar-refractivity contribution in [3.63, 3.8) is 0 Å². The molecule has 0 heterocycles. The zero-order valence-electron chi connectivity index (χ0n) is 10.2. The molecule has 0 saturated heterocycles. The van der Waals surface area contributed by atoms with Gasteiger partial charge in [-0.05, 0) is 12.8 Å². The zero-order chi connectivity index (χ0) is 13.3. The molecule has 0 aliphatic heterocycles. The van der Waals surface area contributed by atoms with Gasteiger partial charge in [-0.25, -0.2) is 8.42 Å². The Balaban J connectivity index is 3.46. The highest BCUT2D eigenvalue weighted by molar-refractivity contribution is 7.91. The van der Waals surface area contributed by atoms with Crippen LogP contribution in [0.1, 0.15) is 25.7 Å². The fraction of sp³-hybridized carbons (Fsp3) is 0.800. The topological polar surface area (TPSA) is 89.5 Å². The molecule has 0 fully saturated rings. The Morgan fingerprint density at radius 3 is 2.35 bits per heavy atom. The summed E-state index contributed by atoms with van der Waals surface area (Å²) in [6.45, 7) is 0.426. The second-order valence-electron chi connectivity index (χ2n) is 3.81. The van der Waals surface area contributed by atoms with Crippen molar-refractivity contribution < 1.29 is 22.7 Å². The molecule has 1 N–H and O–H groups in total. The van der Waals surface area contributed by atoms with Crippen molar-refractivity contribution in [1.82, 2.24) is 5.32 Å². The minimum Gasteiger partial charge on any atom is -0.469 e. The molecular weight excluding hydrogens is 246 g/mol. The van der Waals surface area contributed by atoms with Gasteiger partial charge in [0.15, 0.2) is 9.84 Å². The maximum absolute atomic E-state index is 11.1. The quantitative estimate of drug-likeness (QED) is 0.488. The summed E-state index contributed by atoms with van der Waals surface area (Å²) in [5, 5.41) is 2.51. The van der Waals surface area contributed by atoms with Crippen LogP contribution in [0.15, 0.2) is 0 Å². The third-order valence-electron chi connectivity index (χ3n) is 2.00. The highest BCUT2D eigenvalue weighted by Crippen LogP contribution is 1.99. The first-order valence-corrected chi connectivity index (χ1v) is 7.42. The molecule has 0 aliphatic carbocycles. The van der Waals surface area contributed by atoms with Crippen LogP contribution in [-0.4, -0.2) is 46.0 Å². The second-order valence-corrected chi connectivity index (χ2v) is 5.95. The molecule has 0 atom stereocenters. The largest absolute Gasteiger partial charge is 0.469 e. The molecule has 0 aliphatic rings. The number of methoxy groups -OCH3 is 1. The first-order valence-electron chi connectivity index (χ1n) is 5.36. The van der Waals surface area contributed by atoms with Crippen LogP contribution in [0.4, 0.5) is 0 Å². The molecule has 0 aromatic rings. The Kier molecular flexibility index (Phi) is 7.53. The van der Waals surface area contributed by atoms with Crippen LogP contribution in [0.2, 0.25) is 0 Å². The van der Waals surface area contributed by atoms with Gasteiger partial charge in [0, 0.05) is 19.2 Å². The van der Waals surface area contributed by atoms with Crippen LogP contribution in [0.25, 0.3) is 0 Å². The number of nitrogens with one attached hydrogen (secondary N) is 1. The number of amides is 1. The first kappa shape index (κ1) is 15.9. The smallest absolute Gasteiger partial charge is 0.305 e. The van der Waals surface area contributed by atoms with Gasteiger partial charge in [0.2, 0.25) is 5.91 Å². The summed E-state index contributed by atoms with van der Waals surface area (Å²) in [7, 11) is -1.92. The van der Waals surface area contributed by atoms with Crippen molar-refractivity contribution in [2.75, 3.05) is 25.7 Å². The van der Waals surface area contributed by atoms with Crippen LogP contribution in [0.3, 0.4) is 0 Å². The molecular formula is C10H19NO5S. The fourth-order valence-corrected chi connectivity index (χ4v) is 1.77.